The lowest BCUT2D eigenvalue weighted by atomic mass is 9.96. The first-order valence-corrected chi connectivity index (χ1v) is 12.6. The van der Waals surface area contributed by atoms with Crippen molar-refractivity contribution >= 4 is 29.1 Å². The molecule has 9 heteroatoms. The Kier molecular flexibility index (Phi) is 8.01. The van der Waals surface area contributed by atoms with E-state index in [9.17, 15) is 19.5 Å². The minimum Gasteiger partial charge on any atom is -0.380 e. The first-order valence-electron chi connectivity index (χ1n) is 12.6. The lowest BCUT2D eigenvalue weighted by molar-refractivity contribution is -0.163. The molecule has 36 heavy (non-hydrogen) atoms. The van der Waals surface area contributed by atoms with E-state index < -0.39 is 24.0 Å². The molecule has 2 saturated heterocycles. The maximum atomic E-state index is 13.2. The van der Waals surface area contributed by atoms with E-state index >= 15 is 0 Å². The number of nitrogens with zero attached hydrogens (tertiary/aromatic N) is 2. The second-order valence-electron chi connectivity index (χ2n) is 9.50. The Hall–Kier alpha value is -3.30. The zero-order valence-electron chi connectivity index (χ0n) is 20.8. The lowest BCUT2D eigenvalue weighted by Gasteiger charge is -2.36. The number of carbonyl (C=O) groups is 3. The average molecular weight is 495 g/mol. The number of aliphatic hydroxyl groups excluding tert-OH is 1. The Bertz CT molecular complexity index is 1090. The van der Waals surface area contributed by atoms with Crippen LogP contribution in [-0.4, -0.2) is 76.8 Å². The Balaban J connectivity index is 1.40. The van der Waals surface area contributed by atoms with Gasteiger partial charge < -0.3 is 30.4 Å². The fourth-order valence-corrected chi connectivity index (χ4v) is 4.43. The van der Waals surface area contributed by atoms with Gasteiger partial charge in [0.2, 0.25) is 5.91 Å². The molecule has 3 amide bonds. The van der Waals surface area contributed by atoms with Crippen LogP contribution in [0.25, 0.3) is 0 Å². The molecule has 9 nitrogen and oxygen atoms in total. The molecule has 1 aromatic rings. The molecule has 3 aliphatic rings. The highest BCUT2D eigenvalue weighted by Gasteiger charge is 2.40. The summed E-state index contributed by atoms with van der Waals surface area (Å²) in [5.74, 6) is -1.12. The van der Waals surface area contributed by atoms with E-state index in [0.717, 1.165) is 31.5 Å². The zero-order chi connectivity index (χ0) is 25.8. The van der Waals surface area contributed by atoms with Crippen molar-refractivity contribution < 1.29 is 24.2 Å². The minimum absolute atomic E-state index is 0.00817. The summed E-state index contributed by atoms with van der Waals surface area (Å²) in [4.78, 5) is 41.8. The van der Waals surface area contributed by atoms with Gasteiger partial charge in [0, 0.05) is 42.3 Å². The van der Waals surface area contributed by atoms with Crippen LogP contribution in [0.1, 0.15) is 45.1 Å². The number of amides is 3. The second-order valence-corrected chi connectivity index (χ2v) is 9.50. The van der Waals surface area contributed by atoms with Crippen molar-refractivity contribution in [3.63, 3.8) is 0 Å². The standard InChI is InChI=1S/C27H34N4O5/c1-3-17(2)22(28)18-8-10-20(11-9-18)29-25(33)23(32)24-27(35)31(14-15-36-24)21-7-4-6-19(16-21)26(34)30-12-5-13-30/h7-11,16-17,23-24,28,32H,3-6,12-15H2,1-2H3,(H,29,33). The van der Waals surface area contributed by atoms with Gasteiger partial charge in [-0.05, 0) is 55.4 Å². The number of anilines is 1. The van der Waals surface area contributed by atoms with Gasteiger partial charge in [-0.1, -0.05) is 32.1 Å². The van der Waals surface area contributed by atoms with Crippen molar-refractivity contribution in [1.82, 2.24) is 9.80 Å². The van der Waals surface area contributed by atoms with Crippen LogP contribution in [0.15, 0.2) is 47.7 Å². The number of hydrogen-bond acceptors (Lipinski definition) is 6. The Morgan fingerprint density at radius 1 is 1.22 bits per heavy atom. The van der Waals surface area contributed by atoms with Crippen LogP contribution in [0, 0.1) is 11.3 Å². The number of allylic oxidation sites excluding steroid dienone is 2. The second kappa shape index (κ2) is 11.2. The molecule has 3 N–H and O–H groups in total. The summed E-state index contributed by atoms with van der Waals surface area (Å²) in [7, 11) is 0. The fourth-order valence-electron chi connectivity index (χ4n) is 4.43. The van der Waals surface area contributed by atoms with E-state index in [4.69, 9.17) is 10.1 Å². The highest BCUT2D eigenvalue weighted by molar-refractivity contribution is 6.02. The summed E-state index contributed by atoms with van der Waals surface area (Å²) in [6.07, 6.45) is 3.74. The number of aliphatic hydroxyl groups is 1. The molecular weight excluding hydrogens is 460 g/mol. The quantitative estimate of drug-likeness (QED) is 0.479. The molecule has 0 saturated carbocycles. The number of morpholine rings is 1. The first-order chi connectivity index (χ1) is 17.3. The van der Waals surface area contributed by atoms with Gasteiger partial charge in [0.05, 0.1) is 6.61 Å². The molecule has 4 rings (SSSR count). The molecule has 3 atom stereocenters. The van der Waals surface area contributed by atoms with Gasteiger partial charge in [0.15, 0.2) is 12.2 Å². The van der Waals surface area contributed by atoms with Crippen LogP contribution >= 0.6 is 0 Å². The molecule has 0 aromatic heterocycles. The molecule has 2 fully saturated rings. The normalized spacial score (nSPS) is 21.6. The smallest absolute Gasteiger partial charge is 0.259 e. The van der Waals surface area contributed by atoms with Crippen molar-refractivity contribution in [3.8, 4) is 0 Å². The number of likely N-dealkylation sites (tertiary alicyclic amines) is 1. The molecule has 0 radical (unpaired) electrons. The number of carbonyl (C=O) groups excluding carboxylic acids is 3. The van der Waals surface area contributed by atoms with Gasteiger partial charge in [0.1, 0.15) is 0 Å². The minimum atomic E-state index is -1.70. The third-order valence-electron chi connectivity index (χ3n) is 7.06. The molecule has 0 bridgehead atoms. The fraction of sp³-hybridized carbons (Fsp3) is 0.481. The largest absolute Gasteiger partial charge is 0.380 e. The van der Waals surface area contributed by atoms with Crippen molar-refractivity contribution in [1.29, 1.82) is 5.41 Å². The summed E-state index contributed by atoms with van der Waals surface area (Å²) in [5.41, 5.74) is 3.02. The Morgan fingerprint density at radius 3 is 2.58 bits per heavy atom. The van der Waals surface area contributed by atoms with Crippen LogP contribution in [0.3, 0.4) is 0 Å². The summed E-state index contributed by atoms with van der Waals surface area (Å²) in [6, 6.07) is 6.84. The van der Waals surface area contributed by atoms with Crippen LogP contribution in [-0.2, 0) is 19.1 Å². The zero-order valence-corrected chi connectivity index (χ0v) is 20.8. The molecule has 192 valence electrons. The van der Waals surface area contributed by atoms with E-state index in [1.165, 1.54) is 4.90 Å². The summed E-state index contributed by atoms with van der Waals surface area (Å²) in [5, 5.41) is 21.5. The summed E-state index contributed by atoms with van der Waals surface area (Å²) >= 11 is 0. The molecule has 2 heterocycles. The van der Waals surface area contributed by atoms with Crippen LogP contribution in [0.2, 0.25) is 0 Å². The van der Waals surface area contributed by atoms with E-state index in [0.29, 0.717) is 35.5 Å². The summed E-state index contributed by atoms with van der Waals surface area (Å²) < 4.78 is 5.51. The van der Waals surface area contributed by atoms with E-state index in [1.54, 1.807) is 35.2 Å². The average Bonchev–Trinajstić information content (AvgIpc) is 2.87. The van der Waals surface area contributed by atoms with Crippen LogP contribution in [0.5, 0.6) is 0 Å². The molecule has 2 aliphatic heterocycles. The van der Waals surface area contributed by atoms with Crippen molar-refractivity contribution in [2.45, 2.75) is 51.7 Å². The predicted octanol–water partition coefficient (Wildman–Crippen LogP) is 2.46. The summed E-state index contributed by atoms with van der Waals surface area (Å²) in [6.45, 7) is 5.98. The van der Waals surface area contributed by atoms with E-state index in [1.807, 2.05) is 19.9 Å². The SMILES string of the molecule is CCC(C)C(=N)c1ccc(NC(=O)C(O)C2OCCN(C3=CCCC(C(=O)N4CCC4)=C3)C2=O)cc1. The van der Waals surface area contributed by atoms with Gasteiger partial charge in [-0.2, -0.15) is 0 Å². The number of nitrogens with one attached hydrogen (secondary N) is 2. The van der Waals surface area contributed by atoms with Gasteiger partial charge >= 0.3 is 0 Å². The Morgan fingerprint density at radius 2 is 1.94 bits per heavy atom. The van der Waals surface area contributed by atoms with E-state index in [2.05, 4.69) is 5.32 Å². The third-order valence-corrected chi connectivity index (χ3v) is 7.06. The van der Waals surface area contributed by atoms with Gasteiger partial charge in [0.25, 0.3) is 11.8 Å². The monoisotopic (exact) mass is 494 g/mol. The number of rotatable bonds is 8. The number of ether oxygens (including phenoxy) is 1. The molecule has 3 unspecified atom stereocenters. The van der Waals surface area contributed by atoms with Gasteiger partial charge in [-0.25, -0.2) is 0 Å². The number of hydrogen-bond donors (Lipinski definition) is 3. The Labute approximate surface area is 211 Å². The van der Waals surface area contributed by atoms with Crippen LogP contribution < -0.4 is 5.32 Å². The first kappa shape index (κ1) is 25.8. The molecule has 1 aliphatic carbocycles. The van der Waals surface area contributed by atoms with E-state index in [-0.39, 0.29) is 25.0 Å². The molecule has 1 aromatic carbocycles. The topological polar surface area (TPSA) is 123 Å². The van der Waals surface area contributed by atoms with Crippen molar-refractivity contribution in [2.24, 2.45) is 5.92 Å². The lowest BCUT2D eigenvalue weighted by Crippen LogP contribution is -2.54. The van der Waals surface area contributed by atoms with Crippen molar-refractivity contribution in [3.05, 3.63) is 53.3 Å². The van der Waals surface area contributed by atoms with Gasteiger partial charge in [-0.15, -0.1) is 0 Å². The molecule has 0 spiro atoms. The van der Waals surface area contributed by atoms with Gasteiger partial charge in [-0.3, -0.25) is 14.4 Å². The van der Waals surface area contributed by atoms with Crippen molar-refractivity contribution in [2.75, 3.05) is 31.6 Å². The third kappa shape index (κ3) is 5.42. The predicted molar refractivity (Wildman–Crippen MR) is 135 cm³/mol. The maximum absolute atomic E-state index is 13.2. The van der Waals surface area contributed by atoms with Crippen LogP contribution in [0.4, 0.5) is 5.69 Å². The highest BCUT2D eigenvalue weighted by Crippen LogP contribution is 2.26. The molecular formula is C27H34N4O5. The number of benzene rings is 1. The maximum Gasteiger partial charge on any atom is 0.259 e. The highest BCUT2D eigenvalue weighted by atomic mass is 16.5.